The zero-order valence-electron chi connectivity index (χ0n) is 13.9. The maximum atomic E-state index is 13.1. The molecule has 0 N–H and O–H groups in total. The molecule has 3 rings (SSSR count). The Kier molecular flexibility index (Phi) is 4.66. The quantitative estimate of drug-likeness (QED) is 0.833. The van der Waals surface area contributed by atoms with Crippen molar-refractivity contribution < 1.29 is 17.9 Å². The van der Waals surface area contributed by atoms with Crippen molar-refractivity contribution in [1.29, 1.82) is 0 Å². The van der Waals surface area contributed by atoms with Gasteiger partial charge in [0.2, 0.25) is 0 Å². The highest BCUT2D eigenvalue weighted by molar-refractivity contribution is 7.92. The number of ether oxygens (including phenoxy) is 2. The summed E-state index contributed by atoms with van der Waals surface area (Å²) in [5.74, 6) is 1.32. The van der Waals surface area contributed by atoms with Crippen LogP contribution in [-0.4, -0.2) is 28.7 Å². The summed E-state index contributed by atoms with van der Waals surface area (Å²) in [5.41, 5.74) is 1.73. The molecule has 24 heavy (non-hydrogen) atoms. The average molecular weight is 347 g/mol. The molecule has 0 bridgehead atoms. The highest BCUT2D eigenvalue weighted by Crippen LogP contribution is 2.35. The molecule has 128 valence electrons. The predicted octanol–water partition coefficient (Wildman–Crippen LogP) is 3.24. The number of hydrogen-bond donors (Lipinski definition) is 0. The monoisotopic (exact) mass is 347 g/mol. The molecule has 6 heteroatoms. The van der Waals surface area contributed by atoms with E-state index in [4.69, 9.17) is 9.47 Å². The second-order valence-corrected chi connectivity index (χ2v) is 7.44. The Morgan fingerprint density at radius 3 is 2.46 bits per heavy atom. The minimum absolute atomic E-state index is 0.265. The Morgan fingerprint density at radius 1 is 1.08 bits per heavy atom. The summed E-state index contributed by atoms with van der Waals surface area (Å²) in [6, 6.07) is 12.2. The molecule has 0 fully saturated rings. The first kappa shape index (κ1) is 16.6. The van der Waals surface area contributed by atoms with Gasteiger partial charge in [-0.05, 0) is 55.7 Å². The molecule has 0 aliphatic carbocycles. The van der Waals surface area contributed by atoms with Gasteiger partial charge < -0.3 is 9.47 Å². The Labute approximate surface area is 142 Å². The highest BCUT2D eigenvalue weighted by atomic mass is 32.2. The summed E-state index contributed by atoms with van der Waals surface area (Å²) in [6.45, 7) is 2.91. The van der Waals surface area contributed by atoms with Crippen LogP contribution in [0.5, 0.6) is 11.5 Å². The second kappa shape index (κ2) is 6.73. The first-order chi connectivity index (χ1) is 11.6. The molecule has 0 unspecified atom stereocenters. The summed E-state index contributed by atoms with van der Waals surface area (Å²) in [4.78, 5) is 0.265. The van der Waals surface area contributed by atoms with Gasteiger partial charge in [0.25, 0.3) is 10.0 Å². The molecule has 0 amide bonds. The molecular formula is C18H21NO4S. The number of benzene rings is 2. The van der Waals surface area contributed by atoms with Crippen LogP contribution in [0, 0.1) is 0 Å². The average Bonchev–Trinajstić information content (AvgIpc) is 2.61. The van der Waals surface area contributed by atoms with E-state index in [1.54, 1.807) is 37.4 Å². The molecule has 2 aromatic rings. The van der Waals surface area contributed by atoms with Crippen LogP contribution < -0.4 is 13.8 Å². The van der Waals surface area contributed by atoms with Crippen LogP contribution in [0.25, 0.3) is 0 Å². The minimum Gasteiger partial charge on any atom is -0.497 e. The Morgan fingerprint density at radius 2 is 1.79 bits per heavy atom. The summed E-state index contributed by atoms with van der Waals surface area (Å²) >= 11 is 0. The molecule has 0 aromatic heterocycles. The van der Waals surface area contributed by atoms with E-state index < -0.39 is 10.0 Å². The molecule has 0 saturated heterocycles. The van der Waals surface area contributed by atoms with Crippen LogP contribution in [0.4, 0.5) is 5.69 Å². The van der Waals surface area contributed by atoms with Crippen molar-refractivity contribution in [1.82, 2.24) is 0 Å². The number of sulfonamides is 1. The van der Waals surface area contributed by atoms with Crippen molar-refractivity contribution >= 4 is 15.7 Å². The molecule has 0 radical (unpaired) electrons. The fourth-order valence-electron chi connectivity index (χ4n) is 2.90. The Hall–Kier alpha value is -2.21. The summed E-state index contributed by atoms with van der Waals surface area (Å²) in [6.07, 6.45) is 1.67. The lowest BCUT2D eigenvalue weighted by molar-refractivity contribution is 0.340. The first-order valence-electron chi connectivity index (χ1n) is 7.99. The van der Waals surface area contributed by atoms with Crippen LogP contribution in [0.3, 0.4) is 0 Å². The van der Waals surface area contributed by atoms with Gasteiger partial charge in [-0.1, -0.05) is 6.07 Å². The Balaban J connectivity index is 1.99. The fourth-order valence-corrected chi connectivity index (χ4v) is 4.43. The van der Waals surface area contributed by atoms with Crippen molar-refractivity contribution in [3.05, 3.63) is 48.0 Å². The lowest BCUT2D eigenvalue weighted by Gasteiger charge is -2.30. The van der Waals surface area contributed by atoms with Crippen LogP contribution in [0.15, 0.2) is 47.4 Å². The maximum Gasteiger partial charge on any atom is 0.264 e. The van der Waals surface area contributed by atoms with E-state index in [9.17, 15) is 8.42 Å². The van der Waals surface area contributed by atoms with E-state index in [0.717, 1.165) is 18.4 Å². The summed E-state index contributed by atoms with van der Waals surface area (Å²) in [5, 5.41) is 0. The molecule has 0 atom stereocenters. The van der Waals surface area contributed by atoms with E-state index in [1.165, 1.54) is 4.31 Å². The van der Waals surface area contributed by atoms with Gasteiger partial charge in [0.05, 0.1) is 24.3 Å². The van der Waals surface area contributed by atoms with Gasteiger partial charge in [-0.2, -0.15) is 0 Å². The minimum atomic E-state index is -3.61. The van der Waals surface area contributed by atoms with Crippen molar-refractivity contribution in [3.8, 4) is 11.5 Å². The number of anilines is 1. The zero-order valence-corrected chi connectivity index (χ0v) is 14.7. The van der Waals surface area contributed by atoms with E-state index >= 15 is 0 Å². The van der Waals surface area contributed by atoms with Crippen molar-refractivity contribution in [2.75, 3.05) is 24.6 Å². The topological polar surface area (TPSA) is 55.8 Å². The SMILES string of the molecule is CCOc1ccc(S(=O)(=O)N2CCCc3ccc(OC)cc32)cc1. The van der Waals surface area contributed by atoms with E-state index in [2.05, 4.69) is 0 Å². The molecule has 5 nitrogen and oxygen atoms in total. The first-order valence-corrected chi connectivity index (χ1v) is 9.43. The second-order valence-electron chi connectivity index (χ2n) is 5.58. The number of hydrogen-bond acceptors (Lipinski definition) is 4. The molecule has 0 spiro atoms. The maximum absolute atomic E-state index is 13.1. The van der Waals surface area contributed by atoms with E-state index in [0.29, 0.717) is 30.3 Å². The van der Waals surface area contributed by atoms with Crippen molar-refractivity contribution in [2.45, 2.75) is 24.7 Å². The molecule has 1 aliphatic rings. The van der Waals surface area contributed by atoms with Gasteiger partial charge in [-0.25, -0.2) is 8.42 Å². The number of aryl methyl sites for hydroxylation is 1. The molecule has 1 heterocycles. The van der Waals surface area contributed by atoms with Gasteiger partial charge in [0, 0.05) is 12.6 Å². The van der Waals surface area contributed by atoms with Gasteiger partial charge in [-0.3, -0.25) is 4.31 Å². The van der Waals surface area contributed by atoms with Gasteiger partial charge in [-0.15, -0.1) is 0 Å². The molecule has 2 aromatic carbocycles. The summed E-state index contributed by atoms with van der Waals surface area (Å²) < 4.78 is 38.2. The number of fused-ring (bicyclic) bond motifs is 1. The number of nitrogens with zero attached hydrogens (tertiary/aromatic N) is 1. The predicted molar refractivity (Wildman–Crippen MR) is 93.5 cm³/mol. The number of methoxy groups -OCH3 is 1. The van der Waals surface area contributed by atoms with Crippen molar-refractivity contribution in [2.24, 2.45) is 0 Å². The van der Waals surface area contributed by atoms with Crippen LogP contribution in [0.2, 0.25) is 0 Å². The fraction of sp³-hybridized carbons (Fsp3) is 0.333. The van der Waals surface area contributed by atoms with E-state index in [1.807, 2.05) is 19.1 Å². The Bertz CT molecular complexity index is 815. The molecule has 1 aliphatic heterocycles. The third kappa shape index (κ3) is 3.06. The lowest BCUT2D eigenvalue weighted by Crippen LogP contribution is -2.35. The van der Waals surface area contributed by atoms with Gasteiger partial charge in [0.15, 0.2) is 0 Å². The normalized spacial score (nSPS) is 14.2. The standard InChI is InChI=1S/C18H21NO4S/c1-3-23-15-8-10-17(11-9-15)24(20,21)19-12-4-5-14-6-7-16(22-2)13-18(14)19/h6-11,13H,3-5,12H2,1-2H3. The van der Waals surface area contributed by atoms with Gasteiger partial charge in [0.1, 0.15) is 11.5 Å². The van der Waals surface area contributed by atoms with E-state index in [-0.39, 0.29) is 4.90 Å². The largest absolute Gasteiger partial charge is 0.497 e. The van der Waals surface area contributed by atoms with Crippen LogP contribution >= 0.6 is 0 Å². The van der Waals surface area contributed by atoms with Crippen molar-refractivity contribution in [3.63, 3.8) is 0 Å². The number of rotatable bonds is 5. The van der Waals surface area contributed by atoms with Crippen LogP contribution in [0.1, 0.15) is 18.9 Å². The molecular weight excluding hydrogens is 326 g/mol. The zero-order chi connectivity index (χ0) is 17.2. The van der Waals surface area contributed by atoms with Crippen LogP contribution in [-0.2, 0) is 16.4 Å². The summed E-state index contributed by atoms with van der Waals surface area (Å²) in [7, 11) is -2.03. The third-order valence-corrected chi connectivity index (χ3v) is 5.92. The molecule has 0 saturated carbocycles. The highest BCUT2D eigenvalue weighted by Gasteiger charge is 2.29. The smallest absolute Gasteiger partial charge is 0.264 e. The third-order valence-electron chi connectivity index (χ3n) is 4.09. The van der Waals surface area contributed by atoms with Gasteiger partial charge >= 0.3 is 0 Å². The lowest BCUT2D eigenvalue weighted by atomic mass is 10.0.